The fraction of sp³-hybridized carbons (Fsp3) is 0.250. The fourth-order valence-corrected chi connectivity index (χ4v) is 28.5. The minimum absolute atomic E-state index is 0. The Morgan fingerprint density at radius 2 is 1.11 bits per heavy atom. The fourth-order valence-electron chi connectivity index (χ4n) is 7.76. The first-order valence-corrected chi connectivity index (χ1v) is 18.5. The number of fused-ring (bicyclic) bond motifs is 6. The largest absolute Gasteiger partial charge is 1.00 e. The molecule has 1 aliphatic heterocycles. The third kappa shape index (κ3) is 3.42. The topological polar surface area (TPSA) is 0 Å². The summed E-state index contributed by atoms with van der Waals surface area (Å²) in [6.45, 7) is 7.34. The zero-order valence-electron chi connectivity index (χ0n) is 20.5. The van der Waals surface area contributed by atoms with Crippen molar-refractivity contribution in [3.05, 3.63) is 106 Å². The molecular weight excluding hydrogens is 546 g/mol. The quantitative estimate of drug-likeness (QED) is 0.351. The van der Waals surface area contributed by atoms with Crippen LogP contribution in [0, 0.1) is 0 Å². The van der Waals surface area contributed by atoms with E-state index in [1.165, 1.54) is 43.2 Å². The Morgan fingerprint density at radius 1 is 0.657 bits per heavy atom. The molecule has 0 saturated carbocycles. The molecule has 0 aromatic heterocycles. The van der Waals surface area contributed by atoms with Gasteiger partial charge in [-0.15, -0.1) is 0 Å². The molecule has 4 aromatic rings. The maximum Gasteiger partial charge on any atom is -1.00 e. The number of hydrogen-bond donors (Lipinski definition) is 0. The Bertz CT molecular complexity index is 1420. The zero-order valence-corrected chi connectivity index (χ0v) is 24.5. The maximum atomic E-state index is 2.56. The molecule has 3 atom stereocenters. The number of allylic oxidation sites excluding steroid dienone is 2. The van der Waals surface area contributed by atoms with Crippen molar-refractivity contribution in [2.45, 2.75) is 42.2 Å². The van der Waals surface area contributed by atoms with E-state index >= 15 is 0 Å². The molecule has 2 aliphatic carbocycles. The SMILES string of the molecule is CC[CH]1[CH2][Zr+2]1([CH]1C(C)=Cc2c1ccc1ccccc21)[CH]1C(C)=Cc2c1ccc1ccccc21.[Cl-].[Cl-]. The van der Waals surface area contributed by atoms with E-state index in [0.29, 0.717) is 0 Å². The van der Waals surface area contributed by atoms with Crippen LogP contribution in [0.5, 0.6) is 0 Å². The second-order valence-electron chi connectivity index (χ2n) is 10.6. The number of halogens is 2. The predicted octanol–water partition coefficient (Wildman–Crippen LogP) is 3.40. The molecule has 1 fully saturated rings. The van der Waals surface area contributed by atoms with Crippen LogP contribution in [-0.4, -0.2) is 0 Å². The van der Waals surface area contributed by atoms with Gasteiger partial charge in [0.15, 0.2) is 0 Å². The third-order valence-electron chi connectivity index (χ3n) is 9.05. The summed E-state index contributed by atoms with van der Waals surface area (Å²) in [5, 5.41) is 5.64. The van der Waals surface area contributed by atoms with Gasteiger partial charge < -0.3 is 24.8 Å². The monoisotopic (exact) mass is 574 g/mol. The summed E-state index contributed by atoms with van der Waals surface area (Å²) in [6, 6.07) is 27.7. The first-order valence-electron chi connectivity index (χ1n) is 12.5. The van der Waals surface area contributed by atoms with Crippen molar-refractivity contribution in [3.8, 4) is 0 Å². The Hall–Kier alpha value is -1.66. The van der Waals surface area contributed by atoms with Crippen LogP contribution in [0.4, 0.5) is 0 Å². The van der Waals surface area contributed by atoms with Gasteiger partial charge in [0.05, 0.1) is 0 Å². The van der Waals surface area contributed by atoms with Crippen molar-refractivity contribution in [2.75, 3.05) is 0 Å². The zero-order chi connectivity index (χ0) is 22.3. The molecule has 1 saturated heterocycles. The van der Waals surface area contributed by atoms with Crippen LogP contribution in [0.2, 0.25) is 7.75 Å². The maximum absolute atomic E-state index is 2.65. The van der Waals surface area contributed by atoms with Crippen LogP contribution in [0.25, 0.3) is 33.7 Å². The summed E-state index contributed by atoms with van der Waals surface area (Å²) in [5.74, 6) is 0. The molecule has 0 nitrogen and oxygen atoms in total. The van der Waals surface area contributed by atoms with Crippen LogP contribution >= 0.6 is 0 Å². The molecule has 0 radical (unpaired) electrons. The number of hydrogen-bond acceptors (Lipinski definition) is 0. The van der Waals surface area contributed by atoms with Gasteiger partial charge >= 0.3 is 202 Å². The van der Waals surface area contributed by atoms with Crippen LogP contribution in [0.15, 0.2) is 83.9 Å². The van der Waals surface area contributed by atoms with Crippen molar-refractivity contribution >= 4 is 33.7 Å². The van der Waals surface area contributed by atoms with Crippen molar-refractivity contribution in [2.24, 2.45) is 0 Å². The standard InChI is InChI=1S/2C14H11.C4H8.2ClH.Zr/c2*1-10-8-12-7-6-11-4-2-3-5-13(11)14(12)9-10;1-3-4-2;;;/h2*2-9H,1H3;3H,1,4H2,2H3;2*1H;/q;;;;;+2/p-2. The van der Waals surface area contributed by atoms with Crippen molar-refractivity contribution in [3.63, 3.8) is 0 Å². The Morgan fingerprint density at radius 3 is 1.54 bits per heavy atom. The van der Waals surface area contributed by atoms with E-state index < -0.39 is 20.3 Å². The molecule has 4 aromatic carbocycles. The molecule has 0 spiro atoms. The first kappa shape index (κ1) is 25.0. The van der Waals surface area contributed by atoms with Crippen LogP contribution in [0.3, 0.4) is 0 Å². The Balaban J connectivity index is 0.00000127. The Labute approximate surface area is 225 Å². The smallest absolute Gasteiger partial charge is 1.00 e. The molecule has 176 valence electrons. The van der Waals surface area contributed by atoms with Gasteiger partial charge in [-0.3, -0.25) is 0 Å². The average Bonchev–Trinajstić information content (AvgIpc) is 3.28. The minimum atomic E-state index is -2.65. The molecule has 0 bridgehead atoms. The molecular formula is C32H30Cl2Zr. The minimum Gasteiger partial charge on any atom is -1.00 e. The molecule has 3 heteroatoms. The van der Waals surface area contributed by atoms with Gasteiger partial charge in [-0.25, -0.2) is 0 Å². The van der Waals surface area contributed by atoms with E-state index in [1.807, 2.05) is 0 Å². The van der Waals surface area contributed by atoms with Crippen molar-refractivity contribution in [1.82, 2.24) is 0 Å². The normalized spacial score (nSPS) is 24.0. The Kier molecular flexibility index (Phi) is 6.45. The van der Waals surface area contributed by atoms with Gasteiger partial charge in [0.2, 0.25) is 0 Å². The molecule has 1 heterocycles. The van der Waals surface area contributed by atoms with Crippen molar-refractivity contribution < 1.29 is 45.1 Å². The summed E-state index contributed by atoms with van der Waals surface area (Å²) < 4.78 is 3.95. The van der Waals surface area contributed by atoms with E-state index in [4.69, 9.17) is 0 Å². The van der Waals surface area contributed by atoms with E-state index in [9.17, 15) is 0 Å². The predicted molar refractivity (Wildman–Crippen MR) is 140 cm³/mol. The summed E-state index contributed by atoms with van der Waals surface area (Å²) in [5.41, 5.74) is 9.64. The molecule has 0 N–H and O–H groups in total. The van der Waals surface area contributed by atoms with Gasteiger partial charge in [-0.05, 0) is 0 Å². The second kappa shape index (κ2) is 9.02. The van der Waals surface area contributed by atoms with E-state index in [-0.39, 0.29) is 24.8 Å². The third-order valence-corrected chi connectivity index (χ3v) is 25.0. The van der Waals surface area contributed by atoms with E-state index in [0.717, 1.165) is 10.9 Å². The molecule has 3 aliphatic rings. The molecule has 0 amide bonds. The molecule has 7 rings (SSSR count). The summed E-state index contributed by atoms with van der Waals surface area (Å²) in [6.07, 6.45) is 6.47. The van der Waals surface area contributed by atoms with Gasteiger partial charge in [0, 0.05) is 0 Å². The summed E-state index contributed by atoms with van der Waals surface area (Å²) in [4.78, 5) is 0. The molecule has 35 heavy (non-hydrogen) atoms. The van der Waals surface area contributed by atoms with Gasteiger partial charge in [-0.1, -0.05) is 0 Å². The summed E-state index contributed by atoms with van der Waals surface area (Å²) >= 11 is -2.65. The van der Waals surface area contributed by atoms with Gasteiger partial charge in [-0.2, -0.15) is 0 Å². The number of rotatable bonds is 3. The first-order chi connectivity index (χ1) is 16.1. The van der Waals surface area contributed by atoms with Crippen LogP contribution in [-0.2, 0) is 20.3 Å². The van der Waals surface area contributed by atoms with Gasteiger partial charge in [0.1, 0.15) is 0 Å². The van der Waals surface area contributed by atoms with E-state index in [1.54, 1.807) is 22.3 Å². The van der Waals surface area contributed by atoms with Crippen LogP contribution in [0.1, 0.15) is 56.7 Å². The molecule has 3 unspecified atom stereocenters. The second-order valence-corrected chi connectivity index (χ2v) is 22.0. The van der Waals surface area contributed by atoms with Crippen LogP contribution < -0.4 is 24.8 Å². The van der Waals surface area contributed by atoms with Crippen molar-refractivity contribution in [1.29, 1.82) is 0 Å². The van der Waals surface area contributed by atoms with E-state index in [2.05, 4.69) is 106 Å². The number of benzene rings is 4. The van der Waals surface area contributed by atoms with Gasteiger partial charge in [0.25, 0.3) is 0 Å². The average molecular weight is 577 g/mol. The summed E-state index contributed by atoms with van der Waals surface area (Å²) in [7, 11) is 0.